The van der Waals surface area contributed by atoms with Crippen LogP contribution < -0.4 is 10.6 Å². The number of benzene rings is 1. The normalized spacial score (nSPS) is 16.1. The molecule has 1 aromatic carbocycles. The van der Waals surface area contributed by atoms with Crippen LogP contribution in [-0.4, -0.2) is 28.6 Å². The van der Waals surface area contributed by atoms with E-state index in [1.807, 2.05) is 6.92 Å². The van der Waals surface area contributed by atoms with Crippen molar-refractivity contribution in [1.82, 2.24) is 4.98 Å². The molecule has 1 aromatic heterocycles. The number of nitrogens with one attached hydrogen (secondary N) is 2. The van der Waals surface area contributed by atoms with Crippen molar-refractivity contribution in [1.29, 1.82) is 0 Å². The Morgan fingerprint density at radius 1 is 1.36 bits per heavy atom. The summed E-state index contributed by atoms with van der Waals surface area (Å²) in [5.74, 6) is -0.537. The van der Waals surface area contributed by atoms with Crippen molar-refractivity contribution >= 4 is 39.7 Å². The maximum Gasteiger partial charge on any atom is 0.268 e. The molecule has 3 rings (SSSR count). The molecule has 2 heterocycles. The molecule has 25 heavy (non-hydrogen) atoms. The van der Waals surface area contributed by atoms with Gasteiger partial charge in [0, 0.05) is 29.2 Å². The van der Waals surface area contributed by atoms with Crippen LogP contribution >= 0.6 is 11.3 Å². The van der Waals surface area contributed by atoms with Crippen molar-refractivity contribution < 1.29 is 14.4 Å². The number of oxime groups is 1. The van der Waals surface area contributed by atoms with E-state index in [0.29, 0.717) is 28.4 Å². The van der Waals surface area contributed by atoms with E-state index < -0.39 is 6.10 Å². The minimum atomic E-state index is -0.623. The van der Waals surface area contributed by atoms with Gasteiger partial charge in [-0.2, -0.15) is 0 Å². The second-order valence-corrected chi connectivity index (χ2v) is 6.46. The molecule has 0 aliphatic carbocycles. The van der Waals surface area contributed by atoms with Gasteiger partial charge in [0.05, 0.1) is 5.71 Å². The van der Waals surface area contributed by atoms with Gasteiger partial charge in [-0.3, -0.25) is 14.9 Å². The number of carbonyl (C=O) groups is 2. The Bertz CT molecular complexity index is 817. The molecule has 0 spiro atoms. The van der Waals surface area contributed by atoms with Gasteiger partial charge in [-0.1, -0.05) is 18.1 Å². The molecule has 0 saturated heterocycles. The van der Waals surface area contributed by atoms with Gasteiger partial charge in [0.2, 0.25) is 6.10 Å². The molecule has 1 aliphatic rings. The molecule has 8 heteroatoms. The lowest BCUT2D eigenvalue weighted by atomic mass is 10.1. The number of carbonyl (C=O) groups excluding carboxylic acids is 2. The van der Waals surface area contributed by atoms with E-state index in [4.69, 9.17) is 4.84 Å². The van der Waals surface area contributed by atoms with E-state index in [1.165, 1.54) is 11.3 Å². The Kier molecular flexibility index (Phi) is 5.08. The first kappa shape index (κ1) is 17.1. The molecular formula is C17H18N4O3S. The van der Waals surface area contributed by atoms with Crippen LogP contribution in [0.3, 0.4) is 0 Å². The van der Waals surface area contributed by atoms with Crippen LogP contribution in [0.4, 0.5) is 10.8 Å². The minimum Gasteiger partial charge on any atom is -0.382 e. The molecule has 0 radical (unpaired) electrons. The zero-order chi connectivity index (χ0) is 17.8. The molecule has 0 fully saturated rings. The summed E-state index contributed by atoms with van der Waals surface area (Å²) in [6.07, 6.45) is 2.25. The highest BCUT2D eigenvalue weighted by Crippen LogP contribution is 2.22. The number of nitrogens with zero attached hydrogens (tertiary/aromatic N) is 2. The number of rotatable bonds is 5. The Balaban J connectivity index is 1.70. The van der Waals surface area contributed by atoms with Gasteiger partial charge in [-0.15, -0.1) is 11.3 Å². The van der Waals surface area contributed by atoms with Crippen LogP contribution in [0.5, 0.6) is 0 Å². The highest BCUT2D eigenvalue weighted by atomic mass is 32.1. The van der Waals surface area contributed by atoms with Gasteiger partial charge >= 0.3 is 0 Å². The first-order chi connectivity index (χ1) is 12.1. The number of thiazole rings is 1. The summed E-state index contributed by atoms with van der Waals surface area (Å²) in [5.41, 5.74) is 2.60. The average molecular weight is 358 g/mol. The standard InChI is InChI=1S/C17H18N4O3S/c1-3-11-9-14(24-21-11)16(23)19-13-6-4-5-12(10(13)2)15(22)20-17-18-7-8-25-17/h4-8,14H,3,9H2,1-2H3,(H,19,23)(H,18,20,22). The largest absolute Gasteiger partial charge is 0.382 e. The lowest BCUT2D eigenvalue weighted by Gasteiger charge is -2.14. The predicted octanol–water partition coefficient (Wildman–Crippen LogP) is 3.20. The number of anilines is 2. The molecular weight excluding hydrogens is 340 g/mol. The molecule has 0 bridgehead atoms. The summed E-state index contributed by atoms with van der Waals surface area (Å²) < 4.78 is 0. The van der Waals surface area contributed by atoms with E-state index in [2.05, 4.69) is 20.8 Å². The van der Waals surface area contributed by atoms with Crippen molar-refractivity contribution in [3.63, 3.8) is 0 Å². The van der Waals surface area contributed by atoms with Crippen molar-refractivity contribution in [2.75, 3.05) is 10.6 Å². The number of hydrogen-bond acceptors (Lipinski definition) is 6. The smallest absolute Gasteiger partial charge is 0.268 e. The Morgan fingerprint density at radius 2 is 2.20 bits per heavy atom. The second-order valence-electron chi connectivity index (χ2n) is 5.57. The lowest BCUT2D eigenvalue weighted by Crippen LogP contribution is -2.28. The van der Waals surface area contributed by atoms with E-state index in [0.717, 1.165) is 12.1 Å². The van der Waals surface area contributed by atoms with Gasteiger partial charge < -0.3 is 10.2 Å². The van der Waals surface area contributed by atoms with Gasteiger partial charge in [-0.05, 0) is 31.0 Å². The van der Waals surface area contributed by atoms with E-state index in [9.17, 15) is 9.59 Å². The number of amides is 2. The fraction of sp³-hybridized carbons (Fsp3) is 0.294. The Labute approximate surface area is 149 Å². The number of aromatic nitrogens is 1. The van der Waals surface area contributed by atoms with E-state index in [1.54, 1.807) is 36.7 Å². The maximum atomic E-state index is 12.4. The number of hydrogen-bond donors (Lipinski definition) is 2. The molecule has 2 N–H and O–H groups in total. The fourth-order valence-corrected chi connectivity index (χ4v) is 2.98. The third-order valence-corrected chi connectivity index (χ3v) is 4.61. The van der Waals surface area contributed by atoms with Gasteiger partial charge in [0.1, 0.15) is 0 Å². The monoisotopic (exact) mass is 358 g/mol. The van der Waals surface area contributed by atoms with Gasteiger partial charge in [-0.25, -0.2) is 4.98 Å². The van der Waals surface area contributed by atoms with Crippen molar-refractivity contribution in [2.24, 2.45) is 5.16 Å². The van der Waals surface area contributed by atoms with Gasteiger partial charge in [0.15, 0.2) is 5.13 Å². The third kappa shape index (κ3) is 3.85. The molecule has 130 valence electrons. The summed E-state index contributed by atoms with van der Waals surface area (Å²) in [4.78, 5) is 34.0. The lowest BCUT2D eigenvalue weighted by molar-refractivity contribution is -0.125. The minimum absolute atomic E-state index is 0.266. The van der Waals surface area contributed by atoms with E-state index in [-0.39, 0.29) is 11.8 Å². The first-order valence-electron chi connectivity index (χ1n) is 7.91. The van der Waals surface area contributed by atoms with Crippen LogP contribution in [-0.2, 0) is 9.63 Å². The van der Waals surface area contributed by atoms with Crippen LogP contribution in [0.25, 0.3) is 0 Å². The molecule has 1 atom stereocenters. The highest BCUT2D eigenvalue weighted by molar-refractivity contribution is 7.13. The van der Waals surface area contributed by atoms with Crippen molar-refractivity contribution in [3.8, 4) is 0 Å². The SMILES string of the molecule is CCC1=NOC(C(=O)Nc2cccc(C(=O)Nc3nccs3)c2C)C1. The second kappa shape index (κ2) is 7.43. The zero-order valence-electron chi connectivity index (χ0n) is 13.9. The third-order valence-electron chi connectivity index (χ3n) is 3.92. The maximum absolute atomic E-state index is 12.4. The zero-order valence-corrected chi connectivity index (χ0v) is 14.7. The Morgan fingerprint density at radius 3 is 2.88 bits per heavy atom. The van der Waals surface area contributed by atoms with Gasteiger partial charge in [0.25, 0.3) is 11.8 Å². The highest BCUT2D eigenvalue weighted by Gasteiger charge is 2.27. The predicted molar refractivity (Wildman–Crippen MR) is 97.1 cm³/mol. The summed E-state index contributed by atoms with van der Waals surface area (Å²) in [5, 5.41) is 11.8. The van der Waals surface area contributed by atoms with Crippen LogP contribution in [0.2, 0.25) is 0 Å². The summed E-state index contributed by atoms with van der Waals surface area (Å²) in [7, 11) is 0. The van der Waals surface area contributed by atoms with E-state index >= 15 is 0 Å². The first-order valence-corrected chi connectivity index (χ1v) is 8.79. The molecule has 0 saturated carbocycles. The quantitative estimate of drug-likeness (QED) is 0.858. The van der Waals surface area contributed by atoms with Crippen LogP contribution in [0.1, 0.15) is 35.7 Å². The molecule has 2 amide bonds. The molecule has 1 unspecified atom stereocenters. The summed E-state index contributed by atoms with van der Waals surface area (Å²) >= 11 is 1.34. The molecule has 7 nitrogen and oxygen atoms in total. The topological polar surface area (TPSA) is 92.7 Å². The fourth-order valence-electron chi connectivity index (χ4n) is 2.46. The van der Waals surface area contributed by atoms with Crippen molar-refractivity contribution in [3.05, 3.63) is 40.9 Å². The molecule has 1 aliphatic heterocycles. The van der Waals surface area contributed by atoms with Crippen LogP contribution in [0.15, 0.2) is 34.9 Å². The molecule has 2 aromatic rings. The Hall–Kier alpha value is -2.74. The van der Waals surface area contributed by atoms with Crippen LogP contribution in [0, 0.1) is 6.92 Å². The summed E-state index contributed by atoms with van der Waals surface area (Å²) in [6.45, 7) is 3.76. The average Bonchev–Trinajstić information content (AvgIpc) is 3.28. The summed E-state index contributed by atoms with van der Waals surface area (Å²) in [6, 6.07) is 5.19. The van der Waals surface area contributed by atoms with Crippen molar-refractivity contribution in [2.45, 2.75) is 32.8 Å².